The predicted molar refractivity (Wildman–Crippen MR) is 80.4 cm³/mol. The minimum Gasteiger partial charge on any atom is -0.478 e. The summed E-state index contributed by atoms with van der Waals surface area (Å²) in [5.41, 5.74) is 0.226. The third kappa shape index (κ3) is 2.19. The summed E-state index contributed by atoms with van der Waals surface area (Å²) in [5.74, 6) is -2.13. The van der Waals surface area contributed by atoms with E-state index in [-0.39, 0.29) is 17.3 Å². The second-order valence-electron chi connectivity index (χ2n) is 4.48. The van der Waals surface area contributed by atoms with Crippen molar-refractivity contribution in [3.63, 3.8) is 0 Å². The van der Waals surface area contributed by atoms with Crippen molar-refractivity contribution in [2.45, 2.75) is 0 Å². The van der Waals surface area contributed by atoms with Crippen LogP contribution in [-0.4, -0.2) is 22.2 Å². The molecule has 0 heterocycles. The van der Waals surface area contributed by atoms with E-state index in [9.17, 15) is 19.8 Å². The maximum atomic E-state index is 11.4. The van der Waals surface area contributed by atoms with Crippen molar-refractivity contribution in [2.24, 2.45) is 0 Å². The molecule has 0 amide bonds. The summed E-state index contributed by atoms with van der Waals surface area (Å²) in [7, 11) is 0. The van der Waals surface area contributed by atoms with Crippen LogP contribution in [0.15, 0.2) is 48.5 Å². The standard InChI is InChI=1S/C16H10O4.H3N/c17-15(18)11-5-1-3-9-7-8-10-4-2-6-12(16(19)20)14(10)13(9)11;/h1-8H,(H,17,18)(H,19,20);1H3. The molecule has 0 atom stereocenters. The summed E-state index contributed by atoms with van der Waals surface area (Å²) in [4.78, 5) is 22.8. The average Bonchev–Trinajstić information content (AvgIpc) is 2.45. The van der Waals surface area contributed by atoms with Gasteiger partial charge in [-0.15, -0.1) is 0 Å². The number of hydrogen-bond acceptors (Lipinski definition) is 3. The van der Waals surface area contributed by atoms with E-state index in [2.05, 4.69) is 0 Å². The molecule has 5 N–H and O–H groups in total. The SMILES string of the molecule is N.O=C(O)c1cccc2ccc3cccc(C(=O)O)c3c12. The first-order valence-corrected chi connectivity index (χ1v) is 6.00. The van der Waals surface area contributed by atoms with Crippen molar-refractivity contribution in [1.82, 2.24) is 6.15 Å². The van der Waals surface area contributed by atoms with E-state index >= 15 is 0 Å². The molecule has 5 heteroatoms. The fourth-order valence-corrected chi connectivity index (χ4v) is 2.51. The Bertz CT molecular complexity index is 798. The number of rotatable bonds is 2. The molecular formula is C16H13NO4. The molecule has 0 saturated heterocycles. The summed E-state index contributed by atoms with van der Waals surface area (Å²) in [6, 6.07) is 13.4. The van der Waals surface area contributed by atoms with Crippen LogP contribution in [0.4, 0.5) is 0 Å². The molecule has 0 aromatic heterocycles. The summed E-state index contributed by atoms with van der Waals surface area (Å²) in [6.45, 7) is 0. The molecule has 21 heavy (non-hydrogen) atoms. The molecule has 0 spiro atoms. The van der Waals surface area contributed by atoms with Crippen molar-refractivity contribution in [2.75, 3.05) is 0 Å². The average molecular weight is 283 g/mol. The van der Waals surface area contributed by atoms with Crippen LogP contribution in [0.3, 0.4) is 0 Å². The molecule has 0 bridgehead atoms. The van der Waals surface area contributed by atoms with Gasteiger partial charge in [0.15, 0.2) is 0 Å². The van der Waals surface area contributed by atoms with E-state index in [0.717, 1.165) is 0 Å². The molecule has 0 fully saturated rings. The van der Waals surface area contributed by atoms with Crippen molar-refractivity contribution in [3.05, 3.63) is 59.7 Å². The van der Waals surface area contributed by atoms with Gasteiger partial charge in [-0.2, -0.15) is 0 Å². The van der Waals surface area contributed by atoms with Gasteiger partial charge in [-0.25, -0.2) is 9.59 Å². The maximum Gasteiger partial charge on any atom is 0.336 e. The zero-order chi connectivity index (χ0) is 14.3. The Labute approximate surface area is 120 Å². The molecule has 3 rings (SSSR count). The Hall–Kier alpha value is -2.92. The van der Waals surface area contributed by atoms with Crippen LogP contribution in [0.25, 0.3) is 21.5 Å². The van der Waals surface area contributed by atoms with E-state index in [4.69, 9.17) is 0 Å². The lowest BCUT2D eigenvalue weighted by molar-refractivity contribution is 0.0686. The monoisotopic (exact) mass is 283 g/mol. The smallest absolute Gasteiger partial charge is 0.336 e. The fraction of sp³-hybridized carbons (Fsp3) is 0. The topological polar surface area (TPSA) is 110 Å². The number of fused-ring (bicyclic) bond motifs is 3. The van der Waals surface area contributed by atoms with E-state index < -0.39 is 11.9 Å². The van der Waals surface area contributed by atoms with Gasteiger partial charge < -0.3 is 16.4 Å². The normalized spacial score (nSPS) is 10.3. The highest BCUT2D eigenvalue weighted by Gasteiger charge is 2.16. The zero-order valence-electron chi connectivity index (χ0n) is 11.0. The number of aromatic carboxylic acids is 2. The van der Waals surface area contributed by atoms with Crippen molar-refractivity contribution < 1.29 is 19.8 Å². The highest BCUT2D eigenvalue weighted by molar-refractivity contribution is 6.21. The van der Waals surface area contributed by atoms with Gasteiger partial charge in [-0.1, -0.05) is 36.4 Å². The van der Waals surface area contributed by atoms with Crippen LogP contribution >= 0.6 is 0 Å². The van der Waals surface area contributed by atoms with Gasteiger partial charge in [0.2, 0.25) is 0 Å². The molecule has 5 nitrogen and oxygen atoms in total. The number of carbonyl (C=O) groups is 2. The van der Waals surface area contributed by atoms with Crippen LogP contribution in [0.2, 0.25) is 0 Å². The number of carboxylic acid groups (broad SMARTS) is 2. The highest BCUT2D eigenvalue weighted by Crippen LogP contribution is 2.31. The minimum atomic E-state index is -1.07. The first-order chi connectivity index (χ1) is 9.59. The number of hydrogen-bond donors (Lipinski definition) is 3. The molecular weight excluding hydrogens is 270 g/mol. The number of carboxylic acids is 2. The molecule has 0 aliphatic rings. The van der Waals surface area contributed by atoms with Gasteiger partial charge in [0, 0.05) is 10.8 Å². The minimum absolute atomic E-state index is 0. The van der Waals surface area contributed by atoms with E-state index in [1.54, 1.807) is 36.4 Å². The Morgan fingerprint density at radius 2 is 1.05 bits per heavy atom. The largest absolute Gasteiger partial charge is 0.478 e. The van der Waals surface area contributed by atoms with Crippen LogP contribution in [0.5, 0.6) is 0 Å². The predicted octanol–water partition coefficient (Wildman–Crippen LogP) is 3.55. The van der Waals surface area contributed by atoms with E-state index in [1.807, 2.05) is 0 Å². The van der Waals surface area contributed by atoms with Gasteiger partial charge >= 0.3 is 11.9 Å². The highest BCUT2D eigenvalue weighted by atomic mass is 16.4. The lowest BCUT2D eigenvalue weighted by Crippen LogP contribution is -2.01. The third-order valence-corrected chi connectivity index (χ3v) is 3.35. The Morgan fingerprint density at radius 1 is 0.667 bits per heavy atom. The molecule has 0 aliphatic heterocycles. The summed E-state index contributed by atoms with van der Waals surface area (Å²) < 4.78 is 0. The van der Waals surface area contributed by atoms with Crippen molar-refractivity contribution in [1.29, 1.82) is 0 Å². The van der Waals surface area contributed by atoms with Gasteiger partial charge in [-0.3, -0.25) is 0 Å². The van der Waals surface area contributed by atoms with Gasteiger partial charge in [-0.05, 0) is 22.9 Å². The fourth-order valence-electron chi connectivity index (χ4n) is 2.51. The Morgan fingerprint density at radius 3 is 1.38 bits per heavy atom. The van der Waals surface area contributed by atoms with E-state index in [0.29, 0.717) is 21.5 Å². The Kier molecular flexibility index (Phi) is 3.60. The molecule has 3 aromatic carbocycles. The quantitative estimate of drug-likeness (QED) is 0.623. The van der Waals surface area contributed by atoms with Crippen LogP contribution in [0, 0.1) is 0 Å². The van der Waals surface area contributed by atoms with Crippen LogP contribution < -0.4 is 6.15 Å². The summed E-state index contributed by atoms with van der Waals surface area (Å²) in [5, 5.41) is 21.0. The van der Waals surface area contributed by atoms with Crippen molar-refractivity contribution >= 4 is 33.5 Å². The molecule has 3 aromatic rings. The molecule has 0 aliphatic carbocycles. The Balaban J connectivity index is 0.00000161. The van der Waals surface area contributed by atoms with E-state index in [1.165, 1.54) is 12.1 Å². The second-order valence-corrected chi connectivity index (χ2v) is 4.48. The zero-order valence-corrected chi connectivity index (χ0v) is 11.0. The van der Waals surface area contributed by atoms with Crippen molar-refractivity contribution in [3.8, 4) is 0 Å². The molecule has 0 saturated carbocycles. The summed E-state index contributed by atoms with van der Waals surface area (Å²) >= 11 is 0. The lowest BCUT2D eigenvalue weighted by Gasteiger charge is -2.09. The first-order valence-electron chi connectivity index (χ1n) is 6.00. The molecule has 0 unspecified atom stereocenters. The number of benzene rings is 3. The van der Waals surface area contributed by atoms with Gasteiger partial charge in [0.05, 0.1) is 11.1 Å². The van der Waals surface area contributed by atoms with Gasteiger partial charge in [0.1, 0.15) is 0 Å². The third-order valence-electron chi connectivity index (χ3n) is 3.35. The molecule has 0 radical (unpaired) electrons. The van der Waals surface area contributed by atoms with Crippen LogP contribution in [0.1, 0.15) is 20.7 Å². The maximum absolute atomic E-state index is 11.4. The van der Waals surface area contributed by atoms with Gasteiger partial charge in [0.25, 0.3) is 0 Å². The second kappa shape index (κ2) is 5.22. The van der Waals surface area contributed by atoms with Crippen LogP contribution in [-0.2, 0) is 0 Å². The lowest BCUT2D eigenvalue weighted by atomic mass is 9.94. The first kappa shape index (κ1) is 14.5. The summed E-state index contributed by atoms with van der Waals surface area (Å²) in [6.07, 6.45) is 0. The molecule has 106 valence electrons.